The zero-order chi connectivity index (χ0) is 29.3. The van der Waals surface area contributed by atoms with Gasteiger partial charge in [0, 0.05) is 42.5 Å². The van der Waals surface area contributed by atoms with Gasteiger partial charge in [-0.1, -0.05) is 12.0 Å². The van der Waals surface area contributed by atoms with E-state index in [1.54, 1.807) is 84.9 Å². The van der Waals surface area contributed by atoms with Gasteiger partial charge < -0.3 is 29.7 Å². The van der Waals surface area contributed by atoms with E-state index < -0.39 is 5.91 Å². The molecule has 42 heavy (non-hydrogen) atoms. The Balaban J connectivity index is 1.36. The Hall–Kier alpha value is -5.47. The third-order valence-electron chi connectivity index (χ3n) is 6.26. The molecule has 1 aliphatic heterocycles. The number of aromatic nitrogens is 2. The first kappa shape index (κ1) is 28.1. The van der Waals surface area contributed by atoms with Gasteiger partial charge in [-0.3, -0.25) is 19.4 Å². The number of anilines is 2. The number of hydrogen-bond acceptors (Lipinski definition) is 8. The number of nitrogens with one attached hydrogen (secondary N) is 2. The van der Waals surface area contributed by atoms with Crippen LogP contribution in [0.2, 0.25) is 0 Å². The summed E-state index contributed by atoms with van der Waals surface area (Å²) in [7, 11) is 0. The van der Waals surface area contributed by atoms with E-state index in [2.05, 4.69) is 32.4 Å². The molecule has 1 saturated heterocycles. The van der Waals surface area contributed by atoms with Crippen LogP contribution in [0.25, 0.3) is 10.9 Å². The van der Waals surface area contributed by atoms with Crippen LogP contribution in [0.1, 0.15) is 17.3 Å². The molecule has 5 rings (SSSR count). The highest BCUT2D eigenvalue weighted by Crippen LogP contribution is 2.36. The lowest BCUT2D eigenvalue weighted by molar-refractivity contribution is -0.137. The molecule has 11 nitrogen and oxygen atoms in total. The summed E-state index contributed by atoms with van der Waals surface area (Å²) in [6.45, 7) is 3.28. The number of hydrogen-bond donors (Lipinski definition) is 2. The highest BCUT2D eigenvalue weighted by atomic mass is 16.5. The van der Waals surface area contributed by atoms with Crippen LogP contribution in [0, 0.1) is 11.8 Å². The van der Waals surface area contributed by atoms with Gasteiger partial charge in [-0.25, -0.2) is 4.98 Å². The van der Waals surface area contributed by atoms with Crippen molar-refractivity contribution in [1.29, 1.82) is 0 Å². The quantitative estimate of drug-likeness (QED) is 0.308. The van der Waals surface area contributed by atoms with Crippen molar-refractivity contribution >= 4 is 40.1 Å². The SMILES string of the molecule is CC#CC(=O)Nc1cc2c(Oc3ccc(C(=O)Nc4ccccn4)cc3)ccnc2cc1OCC(=O)N1CCOCC1. The average Bonchev–Trinajstić information content (AvgIpc) is 3.01. The Labute approximate surface area is 241 Å². The van der Waals surface area contributed by atoms with Gasteiger partial charge in [-0.2, -0.15) is 0 Å². The number of carbonyl (C=O) groups excluding carboxylic acids is 3. The van der Waals surface area contributed by atoms with Gasteiger partial charge in [0.15, 0.2) is 6.61 Å². The van der Waals surface area contributed by atoms with E-state index in [0.29, 0.717) is 65.8 Å². The van der Waals surface area contributed by atoms with Crippen molar-refractivity contribution in [3.8, 4) is 29.1 Å². The maximum Gasteiger partial charge on any atom is 0.300 e. The van der Waals surface area contributed by atoms with E-state index in [1.807, 2.05) is 0 Å². The number of ether oxygens (including phenoxy) is 3. The third kappa shape index (κ3) is 6.99. The number of pyridine rings is 2. The summed E-state index contributed by atoms with van der Waals surface area (Å²) in [4.78, 5) is 47.8. The highest BCUT2D eigenvalue weighted by molar-refractivity contribution is 6.06. The van der Waals surface area contributed by atoms with Crippen LogP contribution in [0.3, 0.4) is 0 Å². The Morgan fingerprint density at radius 3 is 2.50 bits per heavy atom. The Morgan fingerprint density at radius 2 is 1.76 bits per heavy atom. The number of fused-ring (bicyclic) bond motifs is 1. The van der Waals surface area contributed by atoms with Crippen LogP contribution in [0.4, 0.5) is 11.5 Å². The van der Waals surface area contributed by atoms with Crippen molar-refractivity contribution < 1.29 is 28.6 Å². The molecule has 0 unspecified atom stereocenters. The molecule has 3 amide bonds. The topological polar surface area (TPSA) is 132 Å². The largest absolute Gasteiger partial charge is 0.482 e. The fraction of sp³-hybridized carbons (Fsp3) is 0.194. The number of carbonyl (C=O) groups is 3. The van der Waals surface area contributed by atoms with Gasteiger partial charge in [0.2, 0.25) is 0 Å². The van der Waals surface area contributed by atoms with E-state index in [1.165, 1.54) is 0 Å². The summed E-state index contributed by atoms with van der Waals surface area (Å²) in [6, 6.07) is 16.9. The number of morpholine rings is 1. The molecule has 3 heterocycles. The van der Waals surface area contributed by atoms with Gasteiger partial charge in [-0.05, 0) is 61.4 Å². The van der Waals surface area contributed by atoms with Gasteiger partial charge in [0.05, 0.1) is 24.4 Å². The van der Waals surface area contributed by atoms with Gasteiger partial charge in [0.1, 0.15) is 23.1 Å². The Bertz CT molecular complexity index is 1660. The summed E-state index contributed by atoms with van der Waals surface area (Å²) in [5.41, 5.74) is 1.26. The molecule has 11 heteroatoms. The number of nitrogens with zero attached hydrogens (tertiary/aromatic N) is 3. The molecule has 2 N–H and O–H groups in total. The molecule has 4 aromatic rings. The molecule has 0 bridgehead atoms. The molecule has 0 radical (unpaired) electrons. The summed E-state index contributed by atoms with van der Waals surface area (Å²) in [5, 5.41) is 6.05. The molecule has 0 spiro atoms. The number of benzene rings is 2. The Morgan fingerprint density at radius 1 is 0.952 bits per heavy atom. The average molecular weight is 566 g/mol. The van der Waals surface area contributed by atoms with Crippen LogP contribution in [0.15, 0.2) is 73.1 Å². The van der Waals surface area contributed by atoms with Crippen LogP contribution in [0.5, 0.6) is 17.2 Å². The predicted octanol–water partition coefficient (Wildman–Crippen LogP) is 3.87. The lowest BCUT2D eigenvalue weighted by Gasteiger charge is -2.26. The van der Waals surface area contributed by atoms with E-state index in [9.17, 15) is 14.4 Å². The van der Waals surface area contributed by atoms with Crippen molar-refractivity contribution in [2.45, 2.75) is 6.92 Å². The van der Waals surface area contributed by atoms with Crippen molar-refractivity contribution in [2.75, 3.05) is 43.5 Å². The summed E-state index contributed by atoms with van der Waals surface area (Å²) >= 11 is 0. The maximum absolute atomic E-state index is 12.7. The number of rotatable bonds is 8. The number of amides is 3. The fourth-order valence-corrected chi connectivity index (χ4v) is 4.19. The smallest absolute Gasteiger partial charge is 0.300 e. The molecule has 0 aliphatic carbocycles. The van der Waals surface area contributed by atoms with E-state index in [4.69, 9.17) is 14.2 Å². The normalized spacial score (nSPS) is 12.5. The summed E-state index contributed by atoms with van der Waals surface area (Å²) in [6.07, 6.45) is 3.18. The first-order chi connectivity index (χ1) is 20.5. The highest BCUT2D eigenvalue weighted by Gasteiger charge is 2.19. The van der Waals surface area contributed by atoms with Crippen LogP contribution in [-0.4, -0.2) is 65.5 Å². The van der Waals surface area contributed by atoms with E-state index in [0.717, 1.165) is 0 Å². The van der Waals surface area contributed by atoms with Crippen LogP contribution < -0.4 is 20.1 Å². The monoisotopic (exact) mass is 565 g/mol. The van der Waals surface area contributed by atoms with Crippen molar-refractivity contribution in [1.82, 2.24) is 14.9 Å². The predicted molar refractivity (Wildman–Crippen MR) is 155 cm³/mol. The standard InChI is InChI=1S/C31H27N5O6/c1-2-5-29(37)34-25-18-23-24(19-27(25)41-20-30(38)36-14-16-40-17-15-36)32-13-11-26(23)42-22-9-7-21(8-10-22)31(39)35-28-6-3-4-12-33-28/h3-4,6-13,18-19H,14-17,20H2,1H3,(H,34,37)(H,33,35,39). The van der Waals surface area contributed by atoms with Gasteiger partial charge in [0.25, 0.3) is 17.7 Å². The van der Waals surface area contributed by atoms with Crippen molar-refractivity contribution in [3.05, 3.63) is 78.6 Å². The molecule has 1 aliphatic rings. The molecule has 0 saturated carbocycles. The minimum absolute atomic E-state index is 0.189. The van der Waals surface area contributed by atoms with Crippen molar-refractivity contribution in [2.24, 2.45) is 0 Å². The van der Waals surface area contributed by atoms with Crippen molar-refractivity contribution in [3.63, 3.8) is 0 Å². The first-order valence-electron chi connectivity index (χ1n) is 13.2. The zero-order valence-electron chi connectivity index (χ0n) is 22.8. The summed E-state index contributed by atoms with van der Waals surface area (Å²) < 4.78 is 17.3. The first-order valence-corrected chi connectivity index (χ1v) is 13.2. The fourth-order valence-electron chi connectivity index (χ4n) is 4.19. The second kappa shape index (κ2) is 13.3. The molecule has 212 valence electrons. The second-order valence-electron chi connectivity index (χ2n) is 9.08. The van der Waals surface area contributed by atoms with Gasteiger partial charge >= 0.3 is 0 Å². The minimum Gasteiger partial charge on any atom is -0.482 e. The molecular formula is C31H27N5O6. The van der Waals surface area contributed by atoms with E-state index >= 15 is 0 Å². The Kier molecular flexibility index (Phi) is 8.86. The molecule has 2 aromatic heterocycles. The van der Waals surface area contributed by atoms with Crippen LogP contribution >= 0.6 is 0 Å². The second-order valence-corrected chi connectivity index (χ2v) is 9.08. The van der Waals surface area contributed by atoms with E-state index in [-0.39, 0.29) is 24.2 Å². The minimum atomic E-state index is -0.535. The molecule has 1 fully saturated rings. The summed E-state index contributed by atoms with van der Waals surface area (Å²) in [5.74, 6) is 5.64. The molecular weight excluding hydrogens is 538 g/mol. The third-order valence-corrected chi connectivity index (χ3v) is 6.26. The molecule has 0 atom stereocenters. The lowest BCUT2D eigenvalue weighted by atomic mass is 10.1. The zero-order valence-corrected chi connectivity index (χ0v) is 22.8. The molecule has 2 aromatic carbocycles. The maximum atomic E-state index is 12.7. The van der Waals surface area contributed by atoms with Crippen LogP contribution in [-0.2, 0) is 14.3 Å². The van der Waals surface area contributed by atoms with Gasteiger partial charge in [-0.15, -0.1) is 0 Å². The lowest BCUT2D eigenvalue weighted by Crippen LogP contribution is -2.43.